The molecule has 0 N–H and O–H groups in total. The molecule has 140 valence electrons. The fourth-order valence-electron chi connectivity index (χ4n) is 2.55. The highest BCUT2D eigenvalue weighted by Crippen LogP contribution is 2.36. The number of aromatic nitrogens is 4. The second-order valence-electron chi connectivity index (χ2n) is 6.04. The first-order valence-electron chi connectivity index (χ1n) is 8.25. The van der Waals surface area contributed by atoms with Crippen LogP contribution in [0.15, 0.2) is 29.5 Å². The summed E-state index contributed by atoms with van der Waals surface area (Å²) >= 11 is 12.2. The lowest BCUT2D eigenvalue weighted by atomic mass is 10.1. The predicted octanol–water partition coefficient (Wildman–Crippen LogP) is 3.74. The molecule has 9 heteroatoms. The number of halogens is 2. The first kappa shape index (κ1) is 19.3. The second-order valence-corrected chi connectivity index (χ2v) is 6.89. The summed E-state index contributed by atoms with van der Waals surface area (Å²) in [7, 11) is 0. The minimum atomic E-state index is -0.512. The monoisotopic (exact) mass is 406 g/mol. The number of carbonyl (C=O) groups is 1. The molecule has 3 rings (SSSR count). The Labute approximate surface area is 164 Å². The van der Waals surface area contributed by atoms with Gasteiger partial charge in [0.2, 0.25) is 0 Å². The molecule has 0 amide bonds. The molecule has 0 fully saturated rings. The van der Waals surface area contributed by atoms with Gasteiger partial charge in [0.1, 0.15) is 11.1 Å². The van der Waals surface area contributed by atoms with Crippen LogP contribution in [0.2, 0.25) is 10.0 Å². The van der Waals surface area contributed by atoms with Gasteiger partial charge in [0, 0.05) is 25.1 Å². The van der Waals surface area contributed by atoms with Gasteiger partial charge in [-0.15, -0.1) is 0 Å². The van der Waals surface area contributed by atoms with Crippen LogP contribution in [-0.4, -0.2) is 25.5 Å². The third kappa shape index (κ3) is 3.52. The molecule has 3 heterocycles. The van der Waals surface area contributed by atoms with E-state index in [1.165, 1.54) is 29.2 Å². The highest BCUT2D eigenvalue weighted by atomic mass is 35.5. The Hall–Kier alpha value is -2.51. The van der Waals surface area contributed by atoms with E-state index in [1.54, 1.807) is 20.8 Å². The van der Waals surface area contributed by atoms with Crippen LogP contribution in [0, 0.1) is 5.92 Å². The second kappa shape index (κ2) is 7.62. The Morgan fingerprint density at radius 1 is 1.22 bits per heavy atom. The molecule has 3 aromatic rings. The number of carbonyl (C=O) groups excluding carboxylic acids is 1. The molecular weight excluding hydrogens is 391 g/mol. The van der Waals surface area contributed by atoms with Crippen molar-refractivity contribution in [2.75, 3.05) is 0 Å². The maximum absolute atomic E-state index is 13.2. The molecule has 0 saturated carbocycles. The summed E-state index contributed by atoms with van der Waals surface area (Å²) in [6.07, 6.45) is 4.29. The SMILES string of the molecule is CCn1c(=O)c(-c2ncc(Cl)cc2Cl)c(OC(=O)C(C)C)c2nccnc21. The molecule has 7 nitrogen and oxygen atoms in total. The van der Waals surface area contributed by atoms with Crippen LogP contribution < -0.4 is 10.3 Å². The predicted molar refractivity (Wildman–Crippen MR) is 103 cm³/mol. The zero-order chi connectivity index (χ0) is 19.7. The number of hydrogen-bond acceptors (Lipinski definition) is 6. The topological polar surface area (TPSA) is 87.0 Å². The molecular formula is C18H16Cl2N4O3. The van der Waals surface area contributed by atoms with E-state index in [9.17, 15) is 9.59 Å². The largest absolute Gasteiger partial charge is 0.423 e. The Morgan fingerprint density at radius 2 is 1.93 bits per heavy atom. The zero-order valence-electron chi connectivity index (χ0n) is 14.9. The number of ether oxygens (including phenoxy) is 1. The molecule has 0 saturated heterocycles. The number of pyridine rings is 2. The van der Waals surface area contributed by atoms with Gasteiger partial charge >= 0.3 is 5.97 Å². The van der Waals surface area contributed by atoms with E-state index in [2.05, 4.69) is 15.0 Å². The molecule has 0 aliphatic carbocycles. The minimum Gasteiger partial charge on any atom is -0.423 e. The van der Waals surface area contributed by atoms with Gasteiger partial charge in [0.25, 0.3) is 5.56 Å². The fraction of sp³-hybridized carbons (Fsp3) is 0.278. The average Bonchev–Trinajstić information content (AvgIpc) is 2.63. The van der Waals surface area contributed by atoms with Crippen LogP contribution in [0.5, 0.6) is 5.75 Å². The van der Waals surface area contributed by atoms with Crippen molar-refractivity contribution in [1.82, 2.24) is 19.5 Å². The smallest absolute Gasteiger partial charge is 0.313 e. The molecule has 0 atom stereocenters. The van der Waals surface area contributed by atoms with Gasteiger partial charge in [0.15, 0.2) is 11.4 Å². The Balaban J connectivity index is 2.44. The molecule has 0 aliphatic rings. The lowest BCUT2D eigenvalue weighted by molar-refractivity contribution is -0.137. The quantitative estimate of drug-likeness (QED) is 0.613. The van der Waals surface area contributed by atoms with Crippen LogP contribution in [0.4, 0.5) is 0 Å². The molecule has 0 unspecified atom stereocenters. The van der Waals surface area contributed by atoms with Crippen molar-refractivity contribution in [3.8, 4) is 17.0 Å². The van der Waals surface area contributed by atoms with Crippen LogP contribution in [0.1, 0.15) is 20.8 Å². The third-order valence-corrected chi connectivity index (χ3v) is 4.37. The van der Waals surface area contributed by atoms with E-state index in [0.717, 1.165) is 0 Å². The normalized spacial score (nSPS) is 11.2. The van der Waals surface area contributed by atoms with Crippen LogP contribution in [0.3, 0.4) is 0 Å². The van der Waals surface area contributed by atoms with Crippen molar-refractivity contribution in [3.63, 3.8) is 0 Å². The van der Waals surface area contributed by atoms with Gasteiger partial charge in [-0.25, -0.2) is 9.97 Å². The van der Waals surface area contributed by atoms with Gasteiger partial charge < -0.3 is 4.74 Å². The standard InChI is InChI=1S/C18H16Cl2N4O3/c1-4-24-16-14(21-5-6-22-16)15(27-18(26)9(2)3)12(17(24)25)13-11(20)7-10(19)8-23-13/h5-9H,4H2,1-3H3. The summed E-state index contributed by atoms with van der Waals surface area (Å²) < 4.78 is 6.98. The molecule has 0 aromatic carbocycles. The third-order valence-electron chi connectivity index (χ3n) is 3.87. The van der Waals surface area contributed by atoms with Crippen LogP contribution in [-0.2, 0) is 11.3 Å². The Morgan fingerprint density at radius 3 is 2.56 bits per heavy atom. The van der Waals surface area contributed by atoms with E-state index in [-0.39, 0.29) is 27.5 Å². The molecule has 0 bridgehead atoms. The van der Waals surface area contributed by atoms with E-state index in [0.29, 0.717) is 17.2 Å². The maximum atomic E-state index is 13.2. The lowest BCUT2D eigenvalue weighted by Gasteiger charge is -2.16. The summed E-state index contributed by atoms with van der Waals surface area (Å²) in [6.45, 7) is 5.52. The lowest BCUT2D eigenvalue weighted by Crippen LogP contribution is -2.26. The number of hydrogen-bond donors (Lipinski definition) is 0. The number of nitrogens with zero attached hydrogens (tertiary/aromatic N) is 4. The molecule has 0 radical (unpaired) electrons. The van der Waals surface area contributed by atoms with Crippen molar-refractivity contribution < 1.29 is 9.53 Å². The van der Waals surface area contributed by atoms with Crippen LogP contribution in [0.25, 0.3) is 22.4 Å². The molecule has 0 spiro atoms. The first-order chi connectivity index (χ1) is 12.8. The van der Waals surface area contributed by atoms with E-state index in [4.69, 9.17) is 27.9 Å². The van der Waals surface area contributed by atoms with Gasteiger partial charge in [-0.1, -0.05) is 37.0 Å². The summed E-state index contributed by atoms with van der Waals surface area (Å²) in [4.78, 5) is 38.2. The number of rotatable bonds is 4. The van der Waals surface area contributed by atoms with Crippen molar-refractivity contribution >= 4 is 40.3 Å². The molecule has 3 aromatic heterocycles. The summed E-state index contributed by atoms with van der Waals surface area (Å²) in [6, 6.07) is 1.47. The van der Waals surface area contributed by atoms with Crippen molar-refractivity contribution in [1.29, 1.82) is 0 Å². The summed E-state index contributed by atoms with van der Waals surface area (Å²) in [5.74, 6) is -0.933. The number of fused-ring (bicyclic) bond motifs is 1. The summed E-state index contributed by atoms with van der Waals surface area (Å²) in [5, 5.41) is 0.480. The minimum absolute atomic E-state index is 0.0109. The van der Waals surface area contributed by atoms with Crippen molar-refractivity contribution in [3.05, 3.63) is 45.1 Å². The van der Waals surface area contributed by atoms with Crippen molar-refractivity contribution in [2.24, 2.45) is 5.92 Å². The van der Waals surface area contributed by atoms with E-state index >= 15 is 0 Å². The highest BCUT2D eigenvalue weighted by Gasteiger charge is 2.26. The fourth-order valence-corrected chi connectivity index (χ4v) is 3.03. The van der Waals surface area contributed by atoms with E-state index in [1.807, 2.05) is 0 Å². The van der Waals surface area contributed by atoms with E-state index < -0.39 is 17.4 Å². The zero-order valence-corrected chi connectivity index (χ0v) is 16.4. The van der Waals surface area contributed by atoms with Gasteiger partial charge in [-0.05, 0) is 13.0 Å². The van der Waals surface area contributed by atoms with Crippen LogP contribution >= 0.6 is 23.2 Å². The number of esters is 1. The van der Waals surface area contributed by atoms with Gasteiger partial charge in [-0.3, -0.25) is 19.1 Å². The average molecular weight is 407 g/mol. The van der Waals surface area contributed by atoms with Gasteiger partial charge in [-0.2, -0.15) is 0 Å². The first-order valence-corrected chi connectivity index (χ1v) is 9.01. The Bertz CT molecular complexity index is 1100. The molecule has 27 heavy (non-hydrogen) atoms. The van der Waals surface area contributed by atoms with Gasteiger partial charge in [0.05, 0.1) is 21.7 Å². The summed E-state index contributed by atoms with van der Waals surface area (Å²) in [5.41, 5.74) is 0.350. The number of aryl methyl sites for hydroxylation is 1. The van der Waals surface area contributed by atoms with Crippen molar-refractivity contribution in [2.45, 2.75) is 27.3 Å². The maximum Gasteiger partial charge on any atom is 0.313 e. The Kier molecular flexibility index (Phi) is 5.43. The highest BCUT2D eigenvalue weighted by molar-refractivity contribution is 6.36. The molecule has 0 aliphatic heterocycles.